The summed E-state index contributed by atoms with van der Waals surface area (Å²) in [6, 6.07) is 0. The summed E-state index contributed by atoms with van der Waals surface area (Å²) in [5, 5.41) is 0. The molecule has 6 heteroatoms. The van der Waals surface area contributed by atoms with Crippen LogP contribution in [0.1, 0.15) is 400 Å². The summed E-state index contributed by atoms with van der Waals surface area (Å²) in [7, 11) is 0. The van der Waals surface area contributed by atoms with Crippen molar-refractivity contribution in [3.8, 4) is 0 Å². The molecule has 0 N–H and O–H groups in total. The first-order chi connectivity index (χ1) is 39.5. The van der Waals surface area contributed by atoms with E-state index < -0.39 is 6.10 Å². The molecular weight excluding hydrogens is 985 g/mol. The minimum Gasteiger partial charge on any atom is -0.462 e. The van der Waals surface area contributed by atoms with Crippen molar-refractivity contribution in [2.45, 2.75) is 406 Å². The van der Waals surface area contributed by atoms with Crippen LogP contribution >= 0.6 is 0 Å². The second kappa shape index (κ2) is 69.1. The Kier molecular flexibility index (Phi) is 67.1. The van der Waals surface area contributed by atoms with Gasteiger partial charge in [0.25, 0.3) is 0 Å². The highest BCUT2D eigenvalue weighted by atomic mass is 16.6. The number of allylic oxidation sites excluding steroid dienone is 6. The Labute approximate surface area is 499 Å². The third kappa shape index (κ3) is 66.4. The van der Waals surface area contributed by atoms with Crippen LogP contribution in [0.25, 0.3) is 0 Å². The van der Waals surface area contributed by atoms with Crippen LogP contribution in [-0.2, 0) is 28.6 Å². The summed E-state index contributed by atoms with van der Waals surface area (Å²) in [5.74, 6) is -0.854. The smallest absolute Gasteiger partial charge is 0.306 e. The van der Waals surface area contributed by atoms with Gasteiger partial charge < -0.3 is 14.2 Å². The topological polar surface area (TPSA) is 78.9 Å². The lowest BCUT2D eigenvalue weighted by atomic mass is 10.0. The molecule has 0 radical (unpaired) electrons. The van der Waals surface area contributed by atoms with Gasteiger partial charge in [0.15, 0.2) is 6.10 Å². The van der Waals surface area contributed by atoms with Crippen molar-refractivity contribution in [2.24, 2.45) is 0 Å². The van der Waals surface area contributed by atoms with Gasteiger partial charge in [-0.2, -0.15) is 0 Å². The highest BCUT2D eigenvalue weighted by molar-refractivity contribution is 5.71. The number of ether oxygens (including phenoxy) is 3. The quantitative estimate of drug-likeness (QED) is 0.0261. The lowest BCUT2D eigenvalue weighted by Gasteiger charge is -2.18. The van der Waals surface area contributed by atoms with Crippen molar-refractivity contribution in [1.29, 1.82) is 0 Å². The zero-order valence-electron chi connectivity index (χ0n) is 54.1. The maximum Gasteiger partial charge on any atom is 0.306 e. The Morgan fingerprint density at radius 2 is 0.450 bits per heavy atom. The molecule has 1 atom stereocenters. The highest BCUT2D eigenvalue weighted by Crippen LogP contribution is 2.19. The van der Waals surface area contributed by atoms with E-state index in [-0.39, 0.29) is 31.1 Å². The van der Waals surface area contributed by atoms with Crippen molar-refractivity contribution >= 4 is 17.9 Å². The molecule has 0 aromatic carbocycles. The van der Waals surface area contributed by atoms with Crippen LogP contribution in [0.4, 0.5) is 0 Å². The summed E-state index contributed by atoms with van der Waals surface area (Å²) < 4.78 is 17.0. The first-order valence-corrected chi connectivity index (χ1v) is 36.0. The van der Waals surface area contributed by atoms with Gasteiger partial charge in [0.05, 0.1) is 0 Å². The molecular formula is C74H138O6. The Balaban J connectivity index is 4.23. The van der Waals surface area contributed by atoms with E-state index in [2.05, 4.69) is 57.2 Å². The number of rotatable bonds is 67. The van der Waals surface area contributed by atoms with E-state index in [4.69, 9.17) is 14.2 Å². The van der Waals surface area contributed by atoms with Gasteiger partial charge in [-0.15, -0.1) is 0 Å². The minimum absolute atomic E-state index is 0.0718. The van der Waals surface area contributed by atoms with Crippen LogP contribution in [0.15, 0.2) is 36.5 Å². The normalized spacial score (nSPS) is 12.2. The number of hydrogen-bond donors (Lipinski definition) is 0. The van der Waals surface area contributed by atoms with Crippen LogP contribution in [0.3, 0.4) is 0 Å². The largest absolute Gasteiger partial charge is 0.462 e. The molecule has 1 unspecified atom stereocenters. The van der Waals surface area contributed by atoms with E-state index in [1.807, 2.05) is 0 Å². The fourth-order valence-electron chi connectivity index (χ4n) is 11.0. The zero-order chi connectivity index (χ0) is 57.8. The molecule has 0 spiro atoms. The van der Waals surface area contributed by atoms with E-state index in [1.165, 1.54) is 283 Å². The molecule has 0 aliphatic carbocycles. The van der Waals surface area contributed by atoms with E-state index in [9.17, 15) is 14.4 Å². The summed E-state index contributed by atoms with van der Waals surface area (Å²) in [5.41, 5.74) is 0. The highest BCUT2D eigenvalue weighted by Gasteiger charge is 2.19. The Bertz CT molecular complexity index is 1340. The average Bonchev–Trinajstić information content (AvgIpc) is 3.46. The molecule has 0 aliphatic rings. The Hall–Kier alpha value is -2.37. The molecule has 0 aromatic rings. The molecule has 0 saturated carbocycles. The van der Waals surface area contributed by atoms with Crippen molar-refractivity contribution in [2.75, 3.05) is 13.2 Å². The van der Waals surface area contributed by atoms with Gasteiger partial charge in [-0.3, -0.25) is 14.4 Å². The first-order valence-electron chi connectivity index (χ1n) is 36.0. The molecule has 0 aromatic heterocycles. The molecule has 0 bridgehead atoms. The predicted octanol–water partition coefficient (Wildman–Crippen LogP) is 24.7. The number of esters is 3. The maximum absolute atomic E-state index is 12.9. The summed E-state index contributed by atoms with van der Waals surface area (Å²) in [4.78, 5) is 38.4. The van der Waals surface area contributed by atoms with Gasteiger partial charge in [0.2, 0.25) is 0 Å². The molecule has 0 heterocycles. The second-order valence-electron chi connectivity index (χ2n) is 24.5. The number of unbranched alkanes of at least 4 members (excludes halogenated alkanes) is 50. The number of carbonyl (C=O) groups is 3. The van der Waals surface area contributed by atoms with Gasteiger partial charge in [-0.05, 0) is 57.8 Å². The van der Waals surface area contributed by atoms with Crippen LogP contribution in [0.5, 0.6) is 0 Å². The number of hydrogen-bond acceptors (Lipinski definition) is 6. The lowest BCUT2D eigenvalue weighted by Crippen LogP contribution is -2.30. The fourth-order valence-corrected chi connectivity index (χ4v) is 11.0. The van der Waals surface area contributed by atoms with Gasteiger partial charge in [-0.25, -0.2) is 0 Å². The minimum atomic E-state index is -0.777. The van der Waals surface area contributed by atoms with Gasteiger partial charge >= 0.3 is 17.9 Å². The fraction of sp³-hybridized carbons (Fsp3) is 0.878. The summed E-state index contributed by atoms with van der Waals surface area (Å²) in [6.45, 7) is 6.68. The Morgan fingerprint density at radius 1 is 0.250 bits per heavy atom. The lowest BCUT2D eigenvalue weighted by molar-refractivity contribution is -0.167. The van der Waals surface area contributed by atoms with Gasteiger partial charge in [0.1, 0.15) is 13.2 Å². The molecule has 0 amide bonds. The molecule has 0 saturated heterocycles. The SMILES string of the molecule is CCCCC/C=C\C/C=C\C/C=C\CCCCCCCCC(=O)OC(COC(=O)CCCCCCCCCCCCCCCCC)COC(=O)CCCCCCCCCCCCCCCCCCCCCCCCCCCCCC. The van der Waals surface area contributed by atoms with E-state index in [1.54, 1.807) is 0 Å². The van der Waals surface area contributed by atoms with E-state index in [0.29, 0.717) is 19.3 Å². The average molecular weight is 1120 g/mol. The molecule has 80 heavy (non-hydrogen) atoms. The standard InChI is InChI=1S/C74H138O6/c1-4-7-10-13-16-19-22-25-28-30-32-33-34-35-36-37-38-39-40-42-43-46-49-52-55-58-61-64-67-73(76)79-70-71(69-78-72(75)66-63-60-57-54-51-48-45-27-24-21-18-15-12-9-6-3)80-74(77)68-65-62-59-56-53-50-47-44-41-31-29-26-23-20-17-14-11-8-5-2/h17,20,26,29,41,44,71H,4-16,18-19,21-25,27-28,30-40,42-43,45-70H2,1-3H3/b20-17-,29-26-,44-41-. The molecule has 470 valence electrons. The van der Waals surface area contributed by atoms with Crippen molar-refractivity contribution in [3.63, 3.8) is 0 Å². The number of carbonyl (C=O) groups excluding carboxylic acids is 3. The van der Waals surface area contributed by atoms with Gasteiger partial charge in [0, 0.05) is 19.3 Å². The van der Waals surface area contributed by atoms with E-state index >= 15 is 0 Å². The molecule has 0 rings (SSSR count). The van der Waals surface area contributed by atoms with Crippen molar-refractivity contribution in [1.82, 2.24) is 0 Å². The van der Waals surface area contributed by atoms with Crippen molar-refractivity contribution in [3.05, 3.63) is 36.5 Å². The summed E-state index contributed by atoms with van der Waals surface area (Å²) >= 11 is 0. The molecule has 0 aliphatic heterocycles. The predicted molar refractivity (Wildman–Crippen MR) is 349 cm³/mol. The Morgan fingerprint density at radius 3 is 0.725 bits per heavy atom. The van der Waals surface area contributed by atoms with Crippen LogP contribution in [-0.4, -0.2) is 37.2 Å². The zero-order valence-corrected chi connectivity index (χ0v) is 54.1. The second-order valence-corrected chi connectivity index (χ2v) is 24.5. The molecule has 0 fully saturated rings. The van der Waals surface area contributed by atoms with Crippen LogP contribution in [0.2, 0.25) is 0 Å². The van der Waals surface area contributed by atoms with Gasteiger partial charge in [-0.1, -0.05) is 359 Å². The third-order valence-corrected chi connectivity index (χ3v) is 16.4. The molecule has 6 nitrogen and oxygen atoms in total. The monoisotopic (exact) mass is 1120 g/mol. The first kappa shape index (κ1) is 77.6. The van der Waals surface area contributed by atoms with Crippen molar-refractivity contribution < 1.29 is 28.6 Å². The van der Waals surface area contributed by atoms with E-state index in [0.717, 1.165) is 77.0 Å². The van der Waals surface area contributed by atoms with Crippen LogP contribution in [0, 0.1) is 0 Å². The van der Waals surface area contributed by atoms with Crippen LogP contribution < -0.4 is 0 Å². The maximum atomic E-state index is 12.9. The summed E-state index contributed by atoms with van der Waals surface area (Å²) in [6.07, 6.45) is 86.1. The third-order valence-electron chi connectivity index (χ3n) is 16.4.